The highest BCUT2D eigenvalue weighted by atomic mass is 32.2. The number of ether oxygens (including phenoxy) is 2. The molecule has 0 saturated heterocycles. The van der Waals surface area contributed by atoms with E-state index < -0.39 is 48.5 Å². The molecule has 0 saturated carbocycles. The molecule has 2 rings (SSSR count). The Morgan fingerprint density at radius 2 is 1.61 bits per heavy atom. The second-order valence-electron chi connectivity index (χ2n) is 5.75. The van der Waals surface area contributed by atoms with Crippen LogP contribution >= 0.6 is 0 Å². The summed E-state index contributed by atoms with van der Waals surface area (Å²) in [7, 11) is -6.47. The number of aromatic carboxylic acids is 1. The topological polar surface area (TPSA) is 208 Å². The molecule has 0 aliphatic heterocycles. The van der Waals surface area contributed by atoms with Crippen LogP contribution in [0.15, 0.2) is 29.2 Å². The van der Waals surface area contributed by atoms with Crippen LogP contribution in [0.2, 0.25) is 0 Å². The third-order valence-electron chi connectivity index (χ3n) is 3.50. The van der Waals surface area contributed by atoms with Gasteiger partial charge in [0.25, 0.3) is 16.0 Å². The van der Waals surface area contributed by atoms with Crippen molar-refractivity contribution in [2.24, 2.45) is 5.73 Å². The summed E-state index contributed by atoms with van der Waals surface area (Å²) in [5.74, 6) is -2.83. The minimum Gasteiger partial charge on any atom is -0.481 e. The summed E-state index contributed by atoms with van der Waals surface area (Å²) in [6.45, 7) is 0. The van der Waals surface area contributed by atoms with Gasteiger partial charge in [0.05, 0.1) is 32.1 Å². The Kier molecular flexibility index (Phi) is 6.55. The molecule has 1 heterocycles. The Morgan fingerprint density at radius 3 is 2.03 bits per heavy atom. The van der Waals surface area contributed by atoms with Crippen molar-refractivity contribution in [3.63, 3.8) is 0 Å². The highest BCUT2D eigenvalue weighted by Gasteiger charge is 2.36. The summed E-state index contributed by atoms with van der Waals surface area (Å²) in [5, 5.41) is 9.40. The Hall–Kier alpha value is -3.66. The molecule has 31 heavy (non-hydrogen) atoms. The lowest BCUT2D eigenvalue weighted by Crippen LogP contribution is -2.42. The second-order valence-corrected chi connectivity index (χ2v) is 9.25. The van der Waals surface area contributed by atoms with Crippen molar-refractivity contribution in [1.82, 2.24) is 9.97 Å². The molecule has 2 aromatic rings. The van der Waals surface area contributed by atoms with Gasteiger partial charge < -0.3 is 20.3 Å². The first kappa shape index (κ1) is 23.6. The van der Waals surface area contributed by atoms with Gasteiger partial charge >= 0.3 is 12.0 Å². The molecule has 1 aromatic carbocycles. The number of nitrogens with two attached hydrogens (primary N) is 1. The van der Waals surface area contributed by atoms with E-state index in [4.69, 9.17) is 15.2 Å². The summed E-state index contributed by atoms with van der Waals surface area (Å²) >= 11 is 0. The van der Waals surface area contributed by atoms with Crippen LogP contribution in [0.5, 0.6) is 11.8 Å². The maximum atomic E-state index is 13.2. The number of benzene rings is 1. The fourth-order valence-electron chi connectivity index (χ4n) is 2.31. The van der Waals surface area contributed by atoms with Crippen LogP contribution in [0.1, 0.15) is 10.4 Å². The number of sulfonamides is 2. The van der Waals surface area contributed by atoms with Crippen LogP contribution in [-0.4, -0.2) is 64.4 Å². The van der Waals surface area contributed by atoms with Crippen molar-refractivity contribution in [3.8, 4) is 11.8 Å². The zero-order valence-electron chi connectivity index (χ0n) is 16.3. The van der Waals surface area contributed by atoms with Crippen LogP contribution in [-0.2, 0) is 20.0 Å². The maximum absolute atomic E-state index is 13.2. The first-order valence-corrected chi connectivity index (χ1v) is 11.3. The van der Waals surface area contributed by atoms with Crippen molar-refractivity contribution >= 4 is 43.7 Å². The van der Waals surface area contributed by atoms with Gasteiger partial charge in [-0.05, 0) is 18.2 Å². The van der Waals surface area contributed by atoms with Gasteiger partial charge in [-0.3, -0.25) is 4.72 Å². The molecule has 0 atom stereocenters. The van der Waals surface area contributed by atoms with E-state index in [1.807, 2.05) is 4.72 Å². The molecule has 0 radical (unpaired) electrons. The fraction of sp³-hybridized carbons (Fsp3) is 0.200. The number of nitrogens with zero attached hydrogens (tertiary/aromatic N) is 3. The van der Waals surface area contributed by atoms with Gasteiger partial charge in [-0.1, -0.05) is 0 Å². The molecule has 0 fully saturated rings. The molecule has 0 spiro atoms. The molecule has 0 aliphatic rings. The molecule has 0 bridgehead atoms. The summed E-state index contributed by atoms with van der Waals surface area (Å²) in [6, 6.07) is 2.20. The Morgan fingerprint density at radius 1 is 1.06 bits per heavy atom. The molecule has 0 unspecified atom stereocenters. The van der Waals surface area contributed by atoms with Gasteiger partial charge in [0.2, 0.25) is 21.8 Å². The Bertz CT molecular complexity index is 1220. The highest BCUT2D eigenvalue weighted by molar-refractivity contribution is 7.93. The Labute approximate surface area is 176 Å². The molecular weight excluding hydrogens is 458 g/mol. The summed E-state index contributed by atoms with van der Waals surface area (Å²) in [6.07, 6.45) is 0.804. The minimum absolute atomic E-state index is 0.0654. The average molecular weight is 475 g/mol. The van der Waals surface area contributed by atoms with Gasteiger partial charge in [0.1, 0.15) is 4.90 Å². The third-order valence-corrected chi connectivity index (χ3v) is 5.82. The number of nitrogens with one attached hydrogen (secondary N) is 1. The number of rotatable bonds is 8. The molecule has 14 nitrogen and oxygen atoms in total. The normalized spacial score (nSPS) is 11.5. The van der Waals surface area contributed by atoms with Crippen molar-refractivity contribution in [3.05, 3.63) is 29.8 Å². The van der Waals surface area contributed by atoms with Crippen molar-refractivity contribution < 1.29 is 41.0 Å². The number of carbonyl (C=O) groups excluding carboxylic acids is 1. The first-order valence-electron chi connectivity index (χ1n) is 7.97. The van der Waals surface area contributed by atoms with Crippen LogP contribution in [0.4, 0.5) is 16.4 Å². The van der Waals surface area contributed by atoms with E-state index in [9.17, 15) is 31.5 Å². The number of carboxylic acid groups (broad SMARTS) is 1. The second kappa shape index (κ2) is 8.60. The Balaban J connectivity index is 2.79. The van der Waals surface area contributed by atoms with E-state index in [0.717, 1.165) is 18.4 Å². The number of hydrogen-bond acceptors (Lipinski definition) is 10. The highest BCUT2D eigenvalue weighted by Crippen LogP contribution is 2.29. The smallest absolute Gasteiger partial charge is 0.337 e. The standard InChI is InChI=1S/C15H17N5O9S2/c1-28-11-7-12(29-2)18-15(17-11)20(14(16)23)31(26,27)10-6-8(19-30(3,24)25)4-5-9(10)13(21)22/h4-7,19H,1-3H3,(H2,16,23)(H,21,22). The van der Waals surface area contributed by atoms with E-state index in [2.05, 4.69) is 9.97 Å². The summed E-state index contributed by atoms with van der Waals surface area (Å²) in [5.41, 5.74) is 4.19. The van der Waals surface area contributed by atoms with Crippen molar-refractivity contribution in [2.75, 3.05) is 29.5 Å². The molecule has 168 valence electrons. The van der Waals surface area contributed by atoms with Gasteiger partial charge in [0.15, 0.2) is 0 Å². The van der Waals surface area contributed by atoms with Gasteiger partial charge in [-0.15, -0.1) is 4.31 Å². The maximum Gasteiger partial charge on any atom is 0.337 e. The van der Waals surface area contributed by atoms with Crippen LogP contribution in [0.3, 0.4) is 0 Å². The predicted molar refractivity (Wildman–Crippen MR) is 106 cm³/mol. The number of carbonyl (C=O) groups is 2. The van der Waals surface area contributed by atoms with Crippen LogP contribution < -0.4 is 24.2 Å². The van der Waals surface area contributed by atoms with E-state index in [-0.39, 0.29) is 21.8 Å². The zero-order chi connectivity index (χ0) is 23.6. The number of methoxy groups -OCH3 is 2. The molecule has 2 amide bonds. The average Bonchev–Trinajstić information content (AvgIpc) is 2.65. The fourth-order valence-corrected chi connectivity index (χ4v) is 4.30. The molecule has 16 heteroatoms. The van der Waals surface area contributed by atoms with Crippen LogP contribution in [0.25, 0.3) is 0 Å². The third kappa shape index (κ3) is 5.28. The molecular formula is C15H17N5O9S2. The van der Waals surface area contributed by atoms with E-state index >= 15 is 0 Å². The lowest BCUT2D eigenvalue weighted by Gasteiger charge is -2.20. The quantitative estimate of drug-likeness (QED) is 0.456. The van der Waals surface area contributed by atoms with Crippen LogP contribution in [0, 0.1) is 0 Å². The first-order chi connectivity index (χ1) is 14.3. The predicted octanol–water partition coefficient (Wildman–Crippen LogP) is -0.162. The number of urea groups is 1. The van der Waals surface area contributed by atoms with Gasteiger partial charge in [0, 0.05) is 5.69 Å². The number of primary amides is 1. The summed E-state index contributed by atoms with van der Waals surface area (Å²) in [4.78, 5) is 30.2. The SMILES string of the molecule is COc1cc(OC)nc(N(C(N)=O)S(=O)(=O)c2cc(NS(C)(=O)=O)ccc2C(=O)O)n1. The summed E-state index contributed by atoms with van der Waals surface area (Å²) < 4.78 is 61.2. The van der Waals surface area contributed by atoms with Crippen molar-refractivity contribution in [1.29, 1.82) is 0 Å². The number of carboxylic acids is 1. The number of hydrogen-bond donors (Lipinski definition) is 3. The minimum atomic E-state index is -5.05. The lowest BCUT2D eigenvalue weighted by molar-refractivity contribution is 0.0692. The monoisotopic (exact) mass is 475 g/mol. The molecule has 0 aliphatic carbocycles. The largest absolute Gasteiger partial charge is 0.481 e. The number of aromatic nitrogens is 2. The molecule has 1 aromatic heterocycles. The number of anilines is 2. The van der Waals surface area contributed by atoms with Gasteiger partial charge in [-0.25, -0.2) is 26.4 Å². The molecule has 4 N–H and O–H groups in total. The zero-order valence-corrected chi connectivity index (χ0v) is 17.9. The lowest BCUT2D eigenvalue weighted by atomic mass is 10.2. The number of amides is 2. The van der Waals surface area contributed by atoms with E-state index in [0.29, 0.717) is 6.07 Å². The van der Waals surface area contributed by atoms with E-state index in [1.54, 1.807) is 0 Å². The van der Waals surface area contributed by atoms with E-state index in [1.165, 1.54) is 20.3 Å². The van der Waals surface area contributed by atoms with Gasteiger partial charge in [-0.2, -0.15) is 9.97 Å². The van der Waals surface area contributed by atoms with Crippen molar-refractivity contribution in [2.45, 2.75) is 4.90 Å².